The Morgan fingerprint density at radius 2 is 2.00 bits per heavy atom. The van der Waals surface area contributed by atoms with Crippen LogP contribution in [0.5, 0.6) is 0 Å². The van der Waals surface area contributed by atoms with E-state index in [9.17, 15) is 4.79 Å². The molecular weight excluding hydrogens is 188 g/mol. The molecule has 1 aromatic carbocycles. The smallest absolute Gasteiger partial charge is 0.238 e. The van der Waals surface area contributed by atoms with Gasteiger partial charge in [0.25, 0.3) is 0 Å². The molecule has 1 heterocycles. The zero-order valence-corrected chi connectivity index (χ0v) is 9.18. The molecular formula is C12H16N2O. The third-order valence-corrected chi connectivity index (χ3v) is 2.81. The van der Waals surface area contributed by atoms with E-state index in [1.165, 1.54) is 0 Å². The number of carbonyl (C=O) groups is 1. The lowest BCUT2D eigenvalue weighted by molar-refractivity contribution is -0.129. The van der Waals surface area contributed by atoms with E-state index in [0.29, 0.717) is 6.04 Å². The van der Waals surface area contributed by atoms with Crippen LogP contribution < -0.4 is 5.01 Å². The molecule has 3 nitrogen and oxygen atoms in total. The summed E-state index contributed by atoms with van der Waals surface area (Å²) in [4.78, 5) is 11.5. The number of rotatable bonds is 1. The van der Waals surface area contributed by atoms with E-state index in [4.69, 9.17) is 0 Å². The topological polar surface area (TPSA) is 23.6 Å². The van der Waals surface area contributed by atoms with Gasteiger partial charge in [-0.1, -0.05) is 18.2 Å². The highest BCUT2D eigenvalue weighted by atomic mass is 16.2. The monoisotopic (exact) mass is 204 g/mol. The zero-order valence-electron chi connectivity index (χ0n) is 9.18. The maximum Gasteiger partial charge on any atom is 0.238 e. The van der Waals surface area contributed by atoms with Crippen LogP contribution in [0.4, 0.5) is 5.69 Å². The second-order valence-electron chi connectivity index (χ2n) is 3.96. The Kier molecular flexibility index (Phi) is 2.62. The number of para-hydroxylation sites is 1. The van der Waals surface area contributed by atoms with Crippen LogP contribution in [0.15, 0.2) is 30.3 Å². The largest absolute Gasteiger partial charge is 0.283 e. The van der Waals surface area contributed by atoms with Crippen molar-refractivity contribution in [2.75, 3.05) is 11.6 Å². The second-order valence-corrected chi connectivity index (χ2v) is 3.96. The number of nitrogens with zero attached hydrogens (tertiary/aromatic N) is 2. The van der Waals surface area contributed by atoms with E-state index in [2.05, 4.69) is 11.9 Å². The van der Waals surface area contributed by atoms with Crippen LogP contribution in [0.25, 0.3) is 0 Å². The van der Waals surface area contributed by atoms with Crippen molar-refractivity contribution in [3.63, 3.8) is 0 Å². The first-order valence-corrected chi connectivity index (χ1v) is 5.32. The summed E-state index contributed by atoms with van der Waals surface area (Å²) in [5.74, 6) is 0.115. The molecule has 0 aliphatic carbocycles. The van der Waals surface area contributed by atoms with E-state index in [1.54, 1.807) is 6.92 Å². The Balaban J connectivity index is 2.26. The zero-order chi connectivity index (χ0) is 10.8. The van der Waals surface area contributed by atoms with Crippen molar-refractivity contribution in [1.82, 2.24) is 5.01 Å². The van der Waals surface area contributed by atoms with Gasteiger partial charge in [-0.15, -0.1) is 0 Å². The SMILES string of the molecule is CC(=O)N1C(C)CCN1c1ccccc1. The molecule has 1 aliphatic heterocycles. The molecule has 80 valence electrons. The highest BCUT2D eigenvalue weighted by molar-refractivity contribution is 5.76. The predicted octanol–water partition coefficient (Wildman–Crippen LogP) is 2.05. The number of hydrazine groups is 1. The van der Waals surface area contributed by atoms with Crippen molar-refractivity contribution in [1.29, 1.82) is 0 Å². The molecule has 2 rings (SSSR count). The van der Waals surface area contributed by atoms with Gasteiger partial charge in [0.05, 0.1) is 11.7 Å². The molecule has 1 fully saturated rings. The first-order chi connectivity index (χ1) is 7.20. The molecule has 0 bridgehead atoms. The van der Waals surface area contributed by atoms with Gasteiger partial charge in [-0.25, -0.2) is 0 Å². The minimum absolute atomic E-state index is 0.115. The molecule has 1 atom stereocenters. The van der Waals surface area contributed by atoms with Gasteiger partial charge in [0.2, 0.25) is 5.91 Å². The summed E-state index contributed by atoms with van der Waals surface area (Å²) in [7, 11) is 0. The van der Waals surface area contributed by atoms with Gasteiger partial charge in [-0.3, -0.25) is 14.8 Å². The van der Waals surface area contributed by atoms with E-state index < -0.39 is 0 Å². The fraction of sp³-hybridized carbons (Fsp3) is 0.417. The van der Waals surface area contributed by atoms with Crippen LogP contribution in [-0.2, 0) is 4.79 Å². The van der Waals surface area contributed by atoms with Crippen LogP contribution in [0.3, 0.4) is 0 Å². The average molecular weight is 204 g/mol. The molecule has 0 radical (unpaired) electrons. The lowest BCUT2D eigenvalue weighted by Gasteiger charge is -2.31. The first-order valence-electron chi connectivity index (χ1n) is 5.32. The molecule has 1 unspecified atom stereocenters. The Bertz CT molecular complexity index is 350. The molecule has 1 amide bonds. The van der Waals surface area contributed by atoms with Crippen molar-refractivity contribution in [2.45, 2.75) is 26.3 Å². The summed E-state index contributed by atoms with van der Waals surface area (Å²) in [5.41, 5.74) is 1.09. The van der Waals surface area contributed by atoms with Crippen LogP contribution in [0, 0.1) is 0 Å². The van der Waals surface area contributed by atoms with Gasteiger partial charge in [0, 0.05) is 13.5 Å². The summed E-state index contributed by atoms with van der Waals surface area (Å²) in [6.07, 6.45) is 1.04. The molecule has 0 spiro atoms. The lowest BCUT2D eigenvalue weighted by atomic mass is 10.2. The van der Waals surface area contributed by atoms with Crippen LogP contribution in [0.1, 0.15) is 20.3 Å². The highest BCUT2D eigenvalue weighted by Crippen LogP contribution is 2.25. The van der Waals surface area contributed by atoms with Crippen molar-refractivity contribution in [3.8, 4) is 0 Å². The average Bonchev–Trinajstić information content (AvgIpc) is 2.61. The number of benzene rings is 1. The van der Waals surface area contributed by atoms with Crippen LogP contribution in [0.2, 0.25) is 0 Å². The summed E-state index contributed by atoms with van der Waals surface area (Å²) >= 11 is 0. The third kappa shape index (κ3) is 1.82. The molecule has 3 heteroatoms. The number of anilines is 1. The summed E-state index contributed by atoms with van der Waals surface area (Å²) in [6, 6.07) is 10.4. The van der Waals surface area contributed by atoms with E-state index in [0.717, 1.165) is 18.7 Å². The van der Waals surface area contributed by atoms with Crippen LogP contribution >= 0.6 is 0 Å². The predicted molar refractivity (Wildman–Crippen MR) is 60.4 cm³/mol. The van der Waals surface area contributed by atoms with E-state index in [1.807, 2.05) is 35.3 Å². The molecule has 0 saturated carbocycles. The Morgan fingerprint density at radius 1 is 1.33 bits per heavy atom. The minimum atomic E-state index is 0.115. The maximum absolute atomic E-state index is 11.5. The van der Waals surface area contributed by atoms with Gasteiger partial charge < -0.3 is 0 Å². The van der Waals surface area contributed by atoms with Gasteiger partial charge in [-0.2, -0.15) is 0 Å². The standard InChI is InChI=1S/C12H16N2O/c1-10-8-9-13(14(10)11(2)15)12-6-4-3-5-7-12/h3-7,10H,8-9H2,1-2H3. The molecule has 15 heavy (non-hydrogen) atoms. The highest BCUT2D eigenvalue weighted by Gasteiger charge is 2.30. The maximum atomic E-state index is 11.5. The van der Waals surface area contributed by atoms with Gasteiger partial charge in [0.1, 0.15) is 0 Å². The van der Waals surface area contributed by atoms with Crippen molar-refractivity contribution in [2.24, 2.45) is 0 Å². The molecule has 0 aromatic heterocycles. The van der Waals surface area contributed by atoms with Gasteiger partial charge in [-0.05, 0) is 25.5 Å². The molecule has 1 aromatic rings. The molecule has 0 N–H and O–H groups in total. The number of hydrogen-bond donors (Lipinski definition) is 0. The number of amides is 1. The first kappa shape index (κ1) is 10.0. The van der Waals surface area contributed by atoms with Gasteiger partial charge >= 0.3 is 0 Å². The van der Waals surface area contributed by atoms with Crippen molar-refractivity contribution >= 4 is 11.6 Å². The van der Waals surface area contributed by atoms with Crippen molar-refractivity contribution < 1.29 is 4.79 Å². The van der Waals surface area contributed by atoms with Crippen LogP contribution in [-0.4, -0.2) is 23.5 Å². The Hall–Kier alpha value is -1.51. The Labute approximate surface area is 90.3 Å². The Morgan fingerprint density at radius 3 is 2.60 bits per heavy atom. The summed E-state index contributed by atoms with van der Waals surface area (Å²) in [5, 5.41) is 3.91. The van der Waals surface area contributed by atoms with E-state index >= 15 is 0 Å². The quantitative estimate of drug-likeness (QED) is 0.699. The minimum Gasteiger partial charge on any atom is -0.283 e. The normalized spacial score (nSPS) is 20.8. The summed E-state index contributed by atoms with van der Waals surface area (Å²) in [6.45, 7) is 4.63. The number of hydrogen-bond acceptors (Lipinski definition) is 2. The van der Waals surface area contributed by atoms with Gasteiger partial charge in [0.15, 0.2) is 0 Å². The fourth-order valence-corrected chi connectivity index (χ4v) is 2.11. The lowest BCUT2D eigenvalue weighted by Crippen LogP contribution is -2.43. The second kappa shape index (κ2) is 3.93. The fourth-order valence-electron chi connectivity index (χ4n) is 2.11. The summed E-state index contributed by atoms with van der Waals surface area (Å²) < 4.78 is 0. The number of carbonyl (C=O) groups excluding carboxylic acids is 1. The third-order valence-electron chi connectivity index (χ3n) is 2.81. The van der Waals surface area contributed by atoms with Crippen molar-refractivity contribution in [3.05, 3.63) is 30.3 Å². The molecule has 1 saturated heterocycles. The van der Waals surface area contributed by atoms with E-state index in [-0.39, 0.29) is 5.91 Å². The molecule has 1 aliphatic rings.